The summed E-state index contributed by atoms with van der Waals surface area (Å²) in [5.74, 6) is 3.40. The number of aliphatic carboxylic acids is 1. The van der Waals surface area contributed by atoms with E-state index >= 15 is 0 Å². The average Bonchev–Trinajstić information content (AvgIpc) is 2.02. The van der Waals surface area contributed by atoms with E-state index in [9.17, 15) is 4.79 Å². The molecule has 0 fully saturated rings. The Labute approximate surface area is 83.1 Å². The van der Waals surface area contributed by atoms with E-state index in [1.807, 2.05) is 5.92 Å². The third-order valence-corrected chi connectivity index (χ3v) is 2.03. The van der Waals surface area contributed by atoms with E-state index in [-0.39, 0.29) is 0 Å². The van der Waals surface area contributed by atoms with Crippen LogP contribution in [0.4, 0.5) is 0 Å². The second kappa shape index (κ2) is 4.28. The van der Waals surface area contributed by atoms with E-state index in [0.29, 0.717) is 10.6 Å². The Hall–Kier alpha value is -1.03. The summed E-state index contributed by atoms with van der Waals surface area (Å²) >= 11 is 5.70. The number of halogens is 1. The average molecular weight is 213 g/mol. The Morgan fingerprint density at radius 2 is 2.23 bits per heavy atom. The van der Waals surface area contributed by atoms with Gasteiger partial charge in [0.1, 0.15) is 0 Å². The smallest absolute Gasteiger partial charge is 0.382 e. The molecule has 0 aliphatic carbocycles. The van der Waals surface area contributed by atoms with Crippen molar-refractivity contribution in [1.82, 2.24) is 0 Å². The van der Waals surface area contributed by atoms with Crippen molar-refractivity contribution in [1.29, 1.82) is 0 Å². The van der Waals surface area contributed by atoms with Crippen LogP contribution in [0, 0.1) is 11.8 Å². The summed E-state index contributed by atoms with van der Waals surface area (Å²) in [6, 6.07) is 5.06. The molecule has 13 heavy (non-hydrogen) atoms. The lowest BCUT2D eigenvalue weighted by Gasteiger charge is -1.96. The fraction of sp³-hybridized carbons (Fsp3) is 0. The SMILES string of the molecule is O=C(O)C#Cc1ccc(Cl)cc1P. The van der Waals surface area contributed by atoms with Crippen LogP contribution in [0.2, 0.25) is 5.02 Å². The minimum Gasteiger partial charge on any atom is -0.472 e. The van der Waals surface area contributed by atoms with Gasteiger partial charge in [-0.25, -0.2) is 4.79 Å². The third-order valence-electron chi connectivity index (χ3n) is 1.32. The van der Waals surface area contributed by atoms with Crippen LogP contribution in [0.5, 0.6) is 0 Å². The molecule has 2 nitrogen and oxygen atoms in total. The Morgan fingerprint density at radius 3 is 2.77 bits per heavy atom. The molecule has 0 saturated heterocycles. The van der Waals surface area contributed by atoms with Crippen LogP contribution in [0.25, 0.3) is 0 Å². The Morgan fingerprint density at radius 1 is 1.54 bits per heavy atom. The van der Waals surface area contributed by atoms with E-state index < -0.39 is 5.97 Å². The first-order valence-electron chi connectivity index (χ1n) is 3.39. The van der Waals surface area contributed by atoms with Gasteiger partial charge in [-0.3, -0.25) is 0 Å². The van der Waals surface area contributed by atoms with Crippen LogP contribution in [-0.4, -0.2) is 11.1 Å². The van der Waals surface area contributed by atoms with E-state index in [4.69, 9.17) is 16.7 Å². The molecule has 1 atom stereocenters. The molecule has 66 valence electrons. The zero-order chi connectivity index (χ0) is 9.84. The predicted molar refractivity (Wildman–Crippen MR) is 55.3 cm³/mol. The second-order valence-corrected chi connectivity index (χ2v) is 3.35. The van der Waals surface area contributed by atoms with Crippen molar-refractivity contribution in [3.8, 4) is 11.8 Å². The molecule has 0 spiro atoms. The highest BCUT2D eigenvalue weighted by Gasteiger charge is 1.95. The molecule has 0 radical (unpaired) electrons. The molecule has 1 aromatic carbocycles. The Balaban J connectivity index is 3.05. The summed E-state index contributed by atoms with van der Waals surface area (Å²) in [7, 11) is 2.45. The van der Waals surface area contributed by atoms with Gasteiger partial charge in [0.2, 0.25) is 0 Å². The fourth-order valence-electron chi connectivity index (χ4n) is 0.768. The molecule has 1 N–H and O–H groups in total. The topological polar surface area (TPSA) is 37.3 Å². The van der Waals surface area contributed by atoms with Crippen LogP contribution in [0.1, 0.15) is 5.56 Å². The van der Waals surface area contributed by atoms with Crippen molar-refractivity contribution >= 4 is 32.1 Å². The number of benzene rings is 1. The third kappa shape index (κ3) is 3.06. The van der Waals surface area contributed by atoms with Crippen LogP contribution in [0.15, 0.2) is 18.2 Å². The molecule has 0 amide bonds. The van der Waals surface area contributed by atoms with E-state index in [1.54, 1.807) is 18.2 Å². The van der Waals surface area contributed by atoms with Crippen molar-refractivity contribution in [2.45, 2.75) is 0 Å². The molecule has 1 unspecified atom stereocenters. The van der Waals surface area contributed by atoms with Gasteiger partial charge in [-0.15, -0.1) is 9.24 Å². The molecule has 4 heteroatoms. The summed E-state index contributed by atoms with van der Waals surface area (Å²) in [6.45, 7) is 0. The minimum atomic E-state index is -1.14. The highest BCUT2D eigenvalue weighted by Crippen LogP contribution is 2.09. The van der Waals surface area contributed by atoms with Gasteiger partial charge in [-0.2, -0.15) is 0 Å². The van der Waals surface area contributed by atoms with Gasteiger partial charge in [-0.05, 0) is 23.5 Å². The van der Waals surface area contributed by atoms with E-state index in [1.165, 1.54) is 0 Å². The lowest BCUT2D eigenvalue weighted by Crippen LogP contribution is -1.97. The van der Waals surface area contributed by atoms with Gasteiger partial charge < -0.3 is 5.11 Å². The van der Waals surface area contributed by atoms with Gasteiger partial charge in [0, 0.05) is 16.5 Å². The largest absolute Gasteiger partial charge is 0.472 e. The molecule has 0 aliphatic heterocycles. The molecule has 0 saturated carbocycles. The molecule has 0 aromatic heterocycles. The van der Waals surface area contributed by atoms with Crippen LogP contribution in [0.3, 0.4) is 0 Å². The quantitative estimate of drug-likeness (QED) is 0.520. The fourth-order valence-corrected chi connectivity index (χ4v) is 1.40. The molecule has 0 heterocycles. The predicted octanol–water partition coefficient (Wildman–Crippen LogP) is 1.28. The van der Waals surface area contributed by atoms with Crippen molar-refractivity contribution < 1.29 is 9.90 Å². The van der Waals surface area contributed by atoms with Gasteiger partial charge in [0.25, 0.3) is 0 Å². The van der Waals surface area contributed by atoms with Crippen molar-refractivity contribution in [3.63, 3.8) is 0 Å². The number of carboxylic acid groups (broad SMARTS) is 1. The summed E-state index contributed by atoms with van der Waals surface area (Å²) in [6.07, 6.45) is 0. The first kappa shape index (κ1) is 10.1. The monoisotopic (exact) mass is 212 g/mol. The van der Waals surface area contributed by atoms with E-state index in [0.717, 1.165) is 5.30 Å². The summed E-state index contributed by atoms with van der Waals surface area (Å²) in [5, 5.41) is 9.71. The van der Waals surface area contributed by atoms with E-state index in [2.05, 4.69) is 15.2 Å². The van der Waals surface area contributed by atoms with Crippen LogP contribution < -0.4 is 5.30 Å². The summed E-state index contributed by atoms with van der Waals surface area (Å²) < 4.78 is 0. The maximum Gasteiger partial charge on any atom is 0.382 e. The number of hydrogen-bond donors (Lipinski definition) is 1. The number of rotatable bonds is 0. The van der Waals surface area contributed by atoms with Crippen LogP contribution in [-0.2, 0) is 4.79 Å². The van der Waals surface area contributed by atoms with Gasteiger partial charge >= 0.3 is 5.97 Å². The maximum atomic E-state index is 10.1. The number of hydrogen-bond acceptors (Lipinski definition) is 1. The van der Waals surface area contributed by atoms with Crippen molar-refractivity contribution in [2.75, 3.05) is 0 Å². The molecule has 1 rings (SSSR count). The lowest BCUT2D eigenvalue weighted by atomic mass is 10.2. The molecule has 1 aromatic rings. The van der Waals surface area contributed by atoms with Gasteiger partial charge in [0.15, 0.2) is 0 Å². The summed E-state index contributed by atoms with van der Waals surface area (Å²) in [5.41, 5.74) is 0.650. The summed E-state index contributed by atoms with van der Waals surface area (Å²) in [4.78, 5) is 10.1. The minimum absolute atomic E-state index is 0.603. The Bertz CT molecular complexity index is 404. The molecular formula is C9H6ClO2P. The first-order chi connectivity index (χ1) is 6.09. The molecular weight excluding hydrogens is 207 g/mol. The highest BCUT2D eigenvalue weighted by molar-refractivity contribution is 7.27. The molecule has 0 aliphatic rings. The lowest BCUT2D eigenvalue weighted by molar-refractivity contribution is -0.130. The van der Waals surface area contributed by atoms with Crippen molar-refractivity contribution in [3.05, 3.63) is 28.8 Å². The second-order valence-electron chi connectivity index (χ2n) is 2.29. The molecule has 0 bridgehead atoms. The Kier molecular flexibility index (Phi) is 3.31. The van der Waals surface area contributed by atoms with Gasteiger partial charge in [0.05, 0.1) is 0 Å². The zero-order valence-electron chi connectivity index (χ0n) is 6.54. The first-order valence-corrected chi connectivity index (χ1v) is 4.35. The highest BCUT2D eigenvalue weighted by atomic mass is 35.5. The maximum absolute atomic E-state index is 10.1. The normalized spacial score (nSPS) is 8.77. The van der Waals surface area contributed by atoms with Crippen molar-refractivity contribution in [2.24, 2.45) is 0 Å². The number of carbonyl (C=O) groups is 1. The number of carboxylic acids is 1. The standard InChI is InChI=1S/C9H6ClO2P/c10-7-3-1-6(8(13)5-7)2-4-9(11)12/h1,3,5H,13H2,(H,11,12). The van der Waals surface area contributed by atoms with Crippen LogP contribution >= 0.6 is 20.8 Å². The van der Waals surface area contributed by atoms with Gasteiger partial charge in [-0.1, -0.05) is 17.5 Å². The zero-order valence-corrected chi connectivity index (χ0v) is 8.45.